The predicted octanol–water partition coefficient (Wildman–Crippen LogP) is 5.36. The number of pyridine rings is 3. The molecule has 37 heavy (non-hydrogen) atoms. The molecule has 0 saturated carbocycles. The van der Waals surface area contributed by atoms with Gasteiger partial charge in [-0.25, -0.2) is 14.4 Å². The molecule has 182 valence electrons. The summed E-state index contributed by atoms with van der Waals surface area (Å²) in [5.41, 5.74) is 7.59. The third-order valence-electron chi connectivity index (χ3n) is 6.91. The summed E-state index contributed by atoms with van der Waals surface area (Å²) in [5.74, 6) is 0.324. The summed E-state index contributed by atoms with van der Waals surface area (Å²) in [7, 11) is 0. The third kappa shape index (κ3) is 4.03. The maximum absolute atomic E-state index is 13.5. The second kappa shape index (κ2) is 8.86. The molecular formula is C28H23FN8. The first-order chi connectivity index (χ1) is 18.2. The molecule has 0 aliphatic carbocycles. The van der Waals surface area contributed by atoms with Crippen LogP contribution in [0, 0.1) is 5.82 Å². The van der Waals surface area contributed by atoms with Crippen molar-refractivity contribution in [1.82, 2.24) is 40.0 Å². The van der Waals surface area contributed by atoms with E-state index in [1.165, 1.54) is 30.5 Å². The fourth-order valence-electron chi connectivity index (χ4n) is 5.06. The molecule has 0 amide bonds. The highest BCUT2D eigenvalue weighted by Gasteiger charge is 2.17. The third-order valence-corrected chi connectivity index (χ3v) is 6.91. The van der Waals surface area contributed by atoms with Crippen molar-refractivity contribution in [3.05, 3.63) is 78.6 Å². The molecule has 9 heteroatoms. The maximum atomic E-state index is 13.5. The number of hydrogen-bond acceptors (Lipinski definition) is 6. The second-order valence-electron chi connectivity index (χ2n) is 9.40. The molecule has 0 radical (unpaired) electrons. The first-order valence-corrected chi connectivity index (χ1v) is 12.3. The predicted molar refractivity (Wildman–Crippen MR) is 140 cm³/mol. The van der Waals surface area contributed by atoms with Crippen LogP contribution in [-0.4, -0.2) is 53.1 Å². The van der Waals surface area contributed by atoms with Crippen LogP contribution in [0.3, 0.4) is 0 Å². The highest BCUT2D eigenvalue weighted by Crippen LogP contribution is 2.32. The van der Waals surface area contributed by atoms with Gasteiger partial charge in [-0.05, 0) is 67.4 Å². The van der Waals surface area contributed by atoms with E-state index >= 15 is 0 Å². The number of aromatic amines is 2. The summed E-state index contributed by atoms with van der Waals surface area (Å²) in [5, 5.41) is 8.50. The van der Waals surface area contributed by atoms with Gasteiger partial charge in [0, 0.05) is 41.6 Å². The number of benzene rings is 1. The van der Waals surface area contributed by atoms with E-state index in [0.29, 0.717) is 17.2 Å². The molecule has 7 rings (SSSR count). The minimum atomic E-state index is -0.275. The molecule has 0 bridgehead atoms. The van der Waals surface area contributed by atoms with E-state index < -0.39 is 0 Å². The van der Waals surface area contributed by atoms with Crippen molar-refractivity contribution in [2.24, 2.45) is 0 Å². The van der Waals surface area contributed by atoms with Gasteiger partial charge in [0.1, 0.15) is 11.5 Å². The van der Waals surface area contributed by atoms with Gasteiger partial charge in [0.25, 0.3) is 0 Å². The Bertz CT molecular complexity index is 1730. The van der Waals surface area contributed by atoms with Gasteiger partial charge in [-0.3, -0.25) is 20.0 Å². The Hall–Kier alpha value is -4.50. The van der Waals surface area contributed by atoms with E-state index in [1.807, 2.05) is 24.5 Å². The zero-order chi connectivity index (χ0) is 24.8. The molecule has 1 aromatic carbocycles. The zero-order valence-electron chi connectivity index (χ0n) is 19.9. The molecule has 1 aliphatic heterocycles. The Morgan fingerprint density at radius 3 is 2.65 bits per heavy atom. The van der Waals surface area contributed by atoms with E-state index in [2.05, 4.69) is 41.1 Å². The number of rotatable bonds is 5. The van der Waals surface area contributed by atoms with Crippen LogP contribution in [0.2, 0.25) is 0 Å². The summed E-state index contributed by atoms with van der Waals surface area (Å²) in [6.45, 7) is 3.19. The lowest BCUT2D eigenvalue weighted by molar-refractivity contribution is 0.331. The number of aromatic nitrogens is 7. The number of fused-ring (bicyclic) bond motifs is 2. The molecule has 0 atom stereocenters. The van der Waals surface area contributed by atoms with Crippen molar-refractivity contribution in [3.8, 4) is 33.9 Å². The molecule has 1 saturated heterocycles. The Labute approximate surface area is 211 Å². The first kappa shape index (κ1) is 21.8. The van der Waals surface area contributed by atoms with E-state index in [-0.39, 0.29) is 5.82 Å². The van der Waals surface area contributed by atoms with Crippen LogP contribution >= 0.6 is 0 Å². The number of imidazole rings is 1. The number of nitrogens with zero attached hydrogens (tertiary/aromatic N) is 6. The van der Waals surface area contributed by atoms with E-state index in [0.717, 1.165) is 58.4 Å². The van der Waals surface area contributed by atoms with Crippen LogP contribution in [0.15, 0.2) is 67.3 Å². The number of halogens is 1. The highest BCUT2D eigenvalue weighted by atomic mass is 19.1. The summed E-state index contributed by atoms with van der Waals surface area (Å²) in [6, 6.07) is 12.5. The van der Waals surface area contributed by atoms with E-state index in [1.54, 1.807) is 24.5 Å². The van der Waals surface area contributed by atoms with Crippen molar-refractivity contribution in [2.45, 2.75) is 19.4 Å². The maximum Gasteiger partial charge on any atom is 0.178 e. The van der Waals surface area contributed by atoms with Crippen molar-refractivity contribution in [3.63, 3.8) is 0 Å². The molecule has 0 unspecified atom stereocenters. The van der Waals surface area contributed by atoms with Crippen molar-refractivity contribution in [1.29, 1.82) is 0 Å². The highest BCUT2D eigenvalue weighted by molar-refractivity contribution is 5.96. The van der Waals surface area contributed by atoms with Crippen LogP contribution in [0.25, 0.3) is 56.0 Å². The van der Waals surface area contributed by atoms with Crippen LogP contribution in [0.5, 0.6) is 0 Å². The van der Waals surface area contributed by atoms with E-state index in [9.17, 15) is 4.39 Å². The van der Waals surface area contributed by atoms with Gasteiger partial charge in [0.05, 0.1) is 22.9 Å². The topological polar surface area (TPSA) is 99.3 Å². The standard InChI is InChI=1S/C28H23FN8/c29-20-5-3-18(4-6-20)21-7-8-31-27-25(21)33-28(34-27)26-22-12-23(32-15-24(22)35-36-26)19-11-17(13-30-14-19)16-37-9-1-2-10-37/h3-8,11-15H,1-2,9-10,16H2,(H,35,36)(H,31,33,34). The summed E-state index contributed by atoms with van der Waals surface area (Å²) >= 11 is 0. The van der Waals surface area contributed by atoms with Crippen molar-refractivity contribution < 1.29 is 4.39 Å². The number of likely N-dealkylation sites (tertiary alicyclic amines) is 1. The number of hydrogen-bond donors (Lipinski definition) is 2. The second-order valence-corrected chi connectivity index (χ2v) is 9.40. The minimum absolute atomic E-state index is 0.275. The minimum Gasteiger partial charge on any atom is -0.335 e. The van der Waals surface area contributed by atoms with Gasteiger partial charge in [0.15, 0.2) is 11.5 Å². The molecule has 8 nitrogen and oxygen atoms in total. The summed E-state index contributed by atoms with van der Waals surface area (Å²) in [4.78, 5) is 24.2. The van der Waals surface area contributed by atoms with Crippen molar-refractivity contribution >= 4 is 22.1 Å². The fraction of sp³-hybridized carbons (Fsp3) is 0.179. The molecule has 5 aromatic heterocycles. The van der Waals surface area contributed by atoms with Crippen LogP contribution < -0.4 is 0 Å². The summed E-state index contributed by atoms with van der Waals surface area (Å²) < 4.78 is 13.5. The SMILES string of the molecule is Fc1ccc(-c2ccnc3nc(-c4n[nH]c5cnc(-c6cncc(CN7CCCC7)c6)cc45)[nH]c23)cc1. The molecule has 6 heterocycles. The molecule has 1 fully saturated rings. The normalized spacial score (nSPS) is 14.2. The van der Waals surface area contributed by atoms with E-state index in [4.69, 9.17) is 4.98 Å². The quantitative estimate of drug-likeness (QED) is 0.338. The lowest BCUT2D eigenvalue weighted by atomic mass is 10.1. The average molecular weight is 491 g/mol. The van der Waals surface area contributed by atoms with Gasteiger partial charge < -0.3 is 4.98 Å². The van der Waals surface area contributed by atoms with Gasteiger partial charge in [0.2, 0.25) is 0 Å². The number of H-pyrrole nitrogens is 2. The molecular weight excluding hydrogens is 467 g/mol. The molecule has 6 aromatic rings. The van der Waals surface area contributed by atoms with Crippen LogP contribution in [0.4, 0.5) is 4.39 Å². The number of nitrogens with one attached hydrogen (secondary N) is 2. The Morgan fingerprint density at radius 1 is 0.919 bits per heavy atom. The average Bonchev–Trinajstić information content (AvgIpc) is 3.68. The van der Waals surface area contributed by atoms with Gasteiger partial charge in [-0.15, -0.1) is 0 Å². The summed E-state index contributed by atoms with van der Waals surface area (Å²) in [6.07, 6.45) is 9.80. The zero-order valence-corrected chi connectivity index (χ0v) is 19.9. The Balaban J connectivity index is 1.27. The van der Waals surface area contributed by atoms with Crippen LogP contribution in [0.1, 0.15) is 18.4 Å². The van der Waals surface area contributed by atoms with Gasteiger partial charge in [-0.1, -0.05) is 12.1 Å². The Morgan fingerprint density at radius 2 is 1.78 bits per heavy atom. The Kier molecular flexibility index (Phi) is 5.21. The van der Waals surface area contributed by atoms with Gasteiger partial charge in [-0.2, -0.15) is 5.10 Å². The lowest BCUT2D eigenvalue weighted by Gasteiger charge is -2.14. The molecule has 1 aliphatic rings. The molecule has 0 spiro atoms. The monoisotopic (exact) mass is 490 g/mol. The first-order valence-electron chi connectivity index (χ1n) is 12.3. The largest absolute Gasteiger partial charge is 0.335 e. The van der Waals surface area contributed by atoms with Gasteiger partial charge >= 0.3 is 0 Å². The lowest BCUT2D eigenvalue weighted by Crippen LogP contribution is -2.18. The molecule has 2 N–H and O–H groups in total. The van der Waals surface area contributed by atoms with Crippen LogP contribution in [-0.2, 0) is 6.54 Å². The fourth-order valence-corrected chi connectivity index (χ4v) is 5.06. The van der Waals surface area contributed by atoms with Crippen molar-refractivity contribution in [2.75, 3.05) is 13.1 Å². The smallest absolute Gasteiger partial charge is 0.178 e.